The van der Waals surface area contributed by atoms with E-state index in [1.165, 1.54) is 0 Å². The molecule has 0 aliphatic carbocycles. The van der Waals surface area contributed by atoms with Crippen molar-refractivity contribution in [2.75, 3.05) is 0 Å². The molecule has 19 heavy (non-hydrogen) atoms. The second kappa shape index (κ2) is 5.22. The first-order chi connectivity index (χ1) is 9.42. The Morgan fingerprint density at radius 3 is 2.47 bits per heavy atom. The van der Waals surface area contributed by atoms with Gasteiger partial charge in [0.25, 0.3) is 0 Å². The molecule has 0 saturated carbocycles. The Balaban J connectivity index is 1.80. The van der Waals surface area contributed by atoms with Gasteiger partial charge < -0.3 is 4.98 Å². The van der Waals surface area contributed by atoms with Crippen LogP contribution in [0.3, 0.4) is 0 Å². The second-order valence-corrected chi connectivity index (χ2v) is 3.86. The minimum absolute atomic E-state index is 0.559. The summed E-state index contributed by atoms with van der Waals surface area (Å²) in [5, 5.41) is 0. The minimum atomic E-state index is 0.559. The summed E-state index contributed by atoms with van der Waals surface area (Å²) in [5.41, 5.74) is 6.02. The highest BCUT2D eigenvalue weighted by molar-refractivity contribution is 5.57. The third kappa shape index (κ3) is 2.71. The van der Waals surface area contributed by atoms with E-state index in [2.05, 4.69) is 20.4 Å². The summed E-state index contributed by atoms with van der Waals surface area (Å²) in [4.78, 5) is 12.7. The van der Waals surface area contributed by atoms with Crippen LogP contribution in [-0.2, 0) is 0 Å². The molecule has 0 N–H and O–H groups in total. The molecule has 0 saturated heterocycles. The SMILES string of the molecule is c1cc[n+]([N-]c2cnc(-c3cccnc3)cn2)cc1. The van der Waals surface area contributed by atoms with E-state index in [-0.39, 0.29) is 0 Å². The molecular weight excluding hydrogens is 238 g/mol. The normalized spacial score (nSPS) is 10.1. The minimum Gasteiger partial charge on any atom is -0.435 e. The van der Waals surface area contributed by atoms with Crippen molar-refractivity contribution >= 4 is 5.82 Å². The predicted octanol–water partition coefficient (Wildman–Crippen LogP) is 2.29. The highest BCUT2D eigenvalue weighted by Gasteiger charge is 1.97. The molecule has 0 bridgehead atoms. The average molecular weight is 249 g/mol. The molecular formula is C14H11N5. The van der Waals surface area contributed by atoms with Crippen LogP contribution in [0.4, 0.5) is 5.82 Å². The lowest BCUT2D eigenvalue weighted by Gasteiger charge is -2.08. The second-order valence-electron chi connectivity index (χ2n) is 3.86. The van der Waals surface area contributed by atoms with Crippen LogP contribution in [0.2, 0.25) is 0 Å². The maximum absolute atomic E-state index is 4.34. The van der Waals surface area contributed by atoms with Gasteiger partial charge in [-0.1, -0.05) is 12.3 Å². The Labute approximate surface area is 110 Å². The lowest BCUT2D eigenvalue weighted by Crippen LogP contribution is -2.26. The molecule has 3 aromatic heterocycles. The Morgan fingerprint density at radius 1 is 0.895 bits per heavy atom. The summed E-state index contributed by atoms with van der Waals surface area (Å²) in [7, 11) is 0. The molecule has 5 nitrogen and oxygen atoms in total. The molecule has 0 aliphatic heterocycles. The quantitative estimate of drug-likeness (QED) is 0.669. The van der Waals surface area contributed by atoms with Crippen LogP contribution >= 0.6 is 0 Å². The van der Waals surface area contributed by atoms with E-state index >= 15 is 0 Å². The van der Waals surface area contributed by atoms with Gasteiger partial charge in [-0.3, -0.25) is 9.97 Å². The van der Waals surface area contributed by atoms with Gasteiger partial charge in [0.15, 0.2) is 12.4 Å². The van der Waals surface area contributed by atoms with Crippen molar-refractivity contribution in [3.05, 3.63) is 72.9 Å². The van der Waals surface area contributed by atoms with Crippen molar-refractivity contribution < 1.29 is 4.68 Å². The van der Waals surface area contributed by atoms with E-state index in [9.17, 15) is 0 Å². The van der Waals surface area contributed by atoms with Crippen LogP contribution in [0.1, 0.15) is 0 Å². The number of aromatic nitrogens is 4. The fourth-order valence-corrected chi connectivity index (χ4v) is 1.61. The van der Waals surface area contributed by atoms with Crippen LogP contribution in [0, 0.1) is 0 Å². The summed E-state index contributed by atoms with van der Waals surface area (Å²) < 4.78 is 1.69. The molecule has 0 radical (unpaired) electrons. The van der Waals surface area contributed by atoms with Gasteiger partial charge in [0, 0.05) is 42.1 Å². The zero-order chi connectivity index (χ0) is 12.9. The molecule has 92 valence electrons. The molecule has 0 aromatic carbocycles. The zero-order valence-electron chi connectivity index (χ0n) is 10.1. The smallest absolute Gasteiger partial charge is 0.182 e. The van der Waals surface area contributed by atoms with E-state index in [0.29, 0.717) is 5.82 Å². The predicted molar refractivity (Wildman–Crippen MR) is 70.3 cm³/mol. The van der Waals surface area contributed by atoms with Gasteiger partial charge in [-0.25, -0.2) is 0 Å². The van der Waals surface area contributed by atoms with Crippen LogP contribution in [0.25, 0.3) is 16.7 Å². The first kappa shape index (κ1) is 11.3. The first-order valence-corrected chi connectivity index (χ1v) is 5.82. The summed E-state index contributed by atoms with van der Waals surface area (Å²) in [6.07, 6.45) is 10.5. The monoisotopic (exact) mass is 249 g/mol. The standard InChI is InChI=1S/C14H11N5/c1-2-7-19(8-3-1)18-14-11-16-13(10-17-14)12-5-4-6-15-9-12/h1-11H. The lowest BCUT2D eigenvalue weighted by atomic mass is 10.2. The molecule has 3 rings (SSSR count). The number of rotatable bonds is 3. The number of pyridine rings is 2. The van der Waals surface area contributed by atoms with Crippen LogP contribution < -0.4 is 4.68 Å². The highest BCUT2D eigenvalue weighted by atomic mass is 15.4. The summed E-state index contributed by atoms with van der Waals surface area (Å²) in [6, 6.07) is 9.56. The Hall–Kier alpha value is -2.82. The van der Waals surface area contributed by atoms with E-state index in [4.69, 9.17) is 0 Å². The van der Waals surface area contributed by atoms with Crippen molar-refractivity contribution in [3.63, 3.8) is 0 Å². The van der Waals surface area contributed by atoms with E-state index in [1.54, 1.807) is 29.5 Å². The van der Waals surface area contributed by atoms with Gasteiger partial charge >= 0.3 is 0 Å². The van der Waals surface area contributed by atoms with Gasteiger partial charge in [0.05, 0.1) is 5.69 Å². The van der Waals surface area contributed by atoms with Crippen LogP contribution in [0.15, 0.2) is 67.5 Å². The topological polar surface area (TPSA) is 56.7 Å². The van der Waals surface area contributed by atoms with Crippen molar-refractivity contribution in [3.8, 4) is 11.3 Å². The first-order valence-electron chi connectivity index (χ1n) is 5.82. The van der Waals surface area contributed by atoms with Crippen molar-refractivity contribution in [1.82, 2.24) is 15.0 Å². The lowest BCUT2D eigenvalue weighted by molar-refractivity contribution is -0.619. The fourth-order valence-electron chi connectivity index (χ4n) is 1.61. The average Bonchev–Trinajstić information content (AvgIpc) is 2.50. The van der Waals surface area contributed by atoms with Crippen molar-refractivity contribution in [2.24, 2.45) is 0 Å². The third-order valence-electron chi connectivity index (χ3n) is 2.51. The Bertz CT molecular complexity index is 638. The van der Waals surface area contributed by atoms with Gasteiger partial charge in [-0.15, -0.1) is 0 Å². The van der Waals surface area contributed by atoms with E-state index in [0.717, 1.165) is 11.3 Å². The number of nitrogens with zero attached hydrogens (tertiary/aromatic N) is 5. The summed E-state index contributed by atoms with van der Waals surface area (Å²) in [6.45, 7) is 0. The molecule has 0 aliphatic rings. The molecule has 3 aromatic rings. The maximum atomic E-state index is 4.34. The number of hydrogen-bond acceptors (Lipinski definition) is 3. The molecule has 5 heteroatoms. The molecule has 0 spiro atoms. The van der Waals surface area contributed by atoms with E-state index < -0.39 is 0 Å². The third-order valence-corrected chi connectivity index (χ3v) is 2.51. The summed E-state index contributed by atoms with van der Waals surface area (Å²) in [5.74, 6) is 0.559. The molecule has 0 atom stereocenters. The highest BCUT2D eigenvalue weighted by Crippen LogP contribution is 2.16. The Morgan fingerprint density at radius 2 is 1.79 bits per heavy atom. The van der Waals surface area contributed by atoms with Gasteiger partial charge in [-0.2, -0.15) is 10.1 Å². The largest absolute Gasteiger partial charge is 0.435 e. The fraction of sp³-hybridized carbons (Fsp3) is 0. The van der Waals surface area contributed by atoms with Gasteiger partial charge in [-0.05, 0) is 12.1 Å². The molecule has 0 unspecified atom stereocenters. The van der Waals surface area contributed by atoms with Crippen LogP contribution in [0.5, 0.6) is 0 Å². The molecule has 3 heterocycles. The van der Waals surface area contributed by atoms with Gasteiger partial charge in [0.1, 0.15) is 0 Å². The Kier molecular flexibility index (Phi) is 3.10. The maximum Gasteiger partial charge on any atom is 0.182 e. The van der Waals surface area contributed by atoms with Crippen LogP contribution in [-0.4, -0.2) is 15.0 Å². The van der Waals surface area contributed by atoms with E-state index in [1.807, 2.05) is 42.7 Å². The molecule has 0 amide bonds. The van der Waals surface area contributed by atoms with Gasteiger partial charge in [0.2, 0.25) is 0 Å². The van der Waals surface area contributed by atoms with Crippen molar-refractivity contribution in [2.45, 2.75) is 0 Å². The number of hydrogen-bond donors (Lipinski definition) is 0. The molecule has 0 fully saturated rings. The zero-order valence-corrected chi connectivity index (χ0v) is 10.1. The summed E-state index contributed by atoms with van der Waals surface area (Å²) >= 11 is 0. The van der Waals surface area contributed by atoms with Crippen molar-refractivity contribution in [1.29, 1.82) is 0 Å².